The highest BCUT2D eigenvalue weighted by molar-refractivity contribution is 7.09. The van der Waals surface area contributed by atoms with Crippen molar-refractivity contribution in [1.82, 2.24) is 29.7 Å². The molecule has 0 unspecified atom stereocenters. The summed E-state index contributed by atoms with van der Waals surface area (Å²) in [5.41, 5.74) is 5.16. The van der Waals surface area contributed by atoms with E-state index in [-0.39, 0.29) is 12.5 Å². The average molecular weight is 666 g/mol. The minimum Gasteiger partial charge on any atom is -0.389 e. The van der Waals surface area contributed by atoms with Gasteiger partial charge in [0, 0.05) is 74.0 Å². The highest BCUT2D eigenvalue weighted by atomic mass is 32.1. The van der Waals surface area contributed by atoms with Crippen LogP contribution in [0.1, 0.15) is 62.3 Å². The number of hydrogen-bond donors (Lipinski definition) is 2. The molecule has 0 aliphatic rings. The van der Waals surface area contributed by atoms with Gasteiger partial charge in [0.1, 0.15) is 10.8 Å². The molecule has 0 fully saturated rings. The predicted octanol–water partition coefficient (Wildman–Crippen LogP) is 5.48. The number of carbonyl (C=O) groups is 2. The third-order valence-electron chi connectivity index (χ3n) is 8.30. The third-order valence-corrected chi connectivity index (χ3v) is 9.25. The second-order valence-corrected chi connectivity index (χ2v) is 13.5. The van der Waals surface area contributed by atoms with Crippen molar-refractivity contribution in [2.75, 3.05) is 25.5 Å². The number of thiazole rings is 1. The molecule has 2 atom stereocenters. The molecule has 0 radical (unpaired) electrons. The van der Waals surface area contributed by atoms with Gasteiger partial charge in [-0.2, -0.15) is 0 Å². The SMILES string of the molecule is Cc1csc(CN(C)C(=O)c2cc(C(=O)N[C@@H](Cc3ccccc3)[C@H](O)CN(C)c3cncc(C(C)C)c3)cc(-c3nccn3C)c2)n1. The quantitative estimate of drug-likeness (QED) is 0.171. The standard InChI is InChI=1S/C37H43N7O3S/c1-24(2)30-18-31(20-38-19-30)43(5)21-33(45)32(14-26-10-8-7-9-11-26)41-36(46)28-15-27(35-39-12-13-42(35)4)16-29(17-28)37(47)44(6)22-34-40-25(3)23-48-34/h7-13,15-20,23-24,32-33,45H,14,21-22H2,1-6H3,(H,41,46)/t32-,33+/m0/s1. The maximum atomic E-state index is 14.1. The maximum Gasteiger partial charge on any atom is 0.254 e. The fourth-order valence-corrected chi connectivity index (χ4v) is 6.34. The first-order valence-corrected chi connectivity index (χ1v) is 16.8. The summed E-state index contributed by atoms with van der Waals surface area (Å²) in [5.74, 6) is 0.296. The number of imidazole rings is 1. The number of pyridine rings is 1. The van der Waals surface area contributed by atoms with E-state index in [1.165, 1.54) is 11.3 Å². The van der Waals surface area contributed by atoms with Gasteiger partial charge < -0.3 is 24.8 Å². The van der Waals surface area contributed by atoms with Crippen molar-refractivity contribution in [3.63, 3.8) is 0 Å². The number of anilines is 1. The highest BCUT2D eigenvalue weighted by Gasteiger charge is 2.26. The number of likely N-dealkylation sites (N-methyl/N-ethyl adjacent to an activating group) is 1. The molecule has 0 saturated heterocycles. The van der Waals surface area contributed by atoms with Crippen LogP contribution in [0.4, 0.5) is 5.69 Å². The van der Waals surface area contributed by atoms with Gasteiger partial charge in [-0.15, -0.1) is 11.3 Å². The van der Waals surface area contributed by atoms with E-state index in [1.54, 1.807) is 42.5 Å². The fourth-order valence-electron chi connectivity index (χ4n) is 5.51. The number of nitrogens with zero attached hydrogens (tertiary/aromatic N) is 6. The lowest BCUT2D eigenvalue weighted by Crippen LogP contribution is -2.49. The van der Waals surface area contributed by atoms with Gasteiger partial charge in [-0.05, 0) is 54.7 Å². The number of nitrogens with one attached hydrogen (secondary N) is 1. The van der Waals surface area contributed by atoms with E-state index in [4.69, 9.17) is 0 Å². The van der Waals surface area contributed by atoms with Gasteiger partial charge in [0.25, 0.3) is 11.8 Å². The molecule has 48 heavy (non-hydrogen) atoms. The van der Waals surface area contributed by atoms with Gasteiger partial charge >= 0.3 is 0 Å². The largest absolute Gasteiger partial charge is 0.389 e. The number of aliphatic hydroxyl groups excluding tert-OH is 1. The first-order chi connectivity index (χ1) is 23.0. The monoisotopic (exact) mass is 665 g/mol. The molecule has 2 N–H and O–H groups in total. The Kier molecular flexibility index (Phi) is 11.0. The van der Waals surface area contributed by atoms with Crippen LogP contribution in [-0.2, 0) is 20.0 Å². The minimum absolute atomic E-state index is 0.243. The highest BCUT2D eigenvalue weighted by Crippen LogP contribution is 2.24. The van der Waals surface area contributed by atoms with Crippen LogP contribution in [-0.4, -0.2) is 74.1 Å². The minimum atomic E-state index is -0.923. The van der Waals surface area contributed by atoms with Crippen molar-refractivity contribution < 1.29 is 14.7 Å². The van der Waals surface area contributed by atoms with Crippen molar-refractivity contribution in [1.29, 1.82) is 0 Å². The molecule has 2 amide bonds. The molecule has 5 aromatic rings. The Labute approximate surface area is 286 Å². The molecule has 0 spiro atoms. The Morgan fingerprint density at radius 3 is 2.46 bits per heavy atom. The summed E-state index contributed by atoms with van der Waals surface area (Å²) in [6.45, 7) is 6.76. The van der Waals surface area contributed by atoms with Crippen molar-refractivity contribution in [3.8, 4) is 11.4 Å². The zero-order chi connectivity index (χ0) is 34.4. The molecular weight excluding hydrogens is 623 g/mol. The van der Waals surface area contributed by atoms with E-state index in [9.17, 15) is 14.7 Å². The van der Waals surface area contributed by atoms with Crippen LogP contribution in [0.5, 0.6) is 0 Å². The number of aryl methyl sites for hydroxylation is 2. The number of benzene rings is 2. The van der Waals surface area contributed by atoms with E-state index in [2.05, 4.69) is 40.2 Å². The summed E-state index contributed by atoms with van der Waals surface area (Å²) in [6.07, 6.45) is 6.61. The summed E-state index contributed by atoms with van der Waals surface area (Å²) >= 11 is 1.50. The molecule has 0 bridgehead atoms. The van der Waals surface area contributed by atoms with Crippen LogP contribution in [0, 0.1) is 6.92 Å². The normalized spacial score (nSPS) is 12.5. The van der Waals surface area contributed by atoms with Crippen LogP contribution in [0.3, 0.4) is 0 Å². The van der Waals surface area contributed by atoms with Crippen molar-refractivity contribution in [2.45, 2.75) is 51.8 Å². The zero-order valence-corrected chi connectivity index (χ0v) is 29.1. The molecule has 5 rings (SSSR count). The summed E-state index contributed by atoms with van der Waals surface area (Å²) in [5, 5.41) is 17.5. The topological polar surface area (TPSA) is 116 Å². The van der Waals surface area contributed by atoms with Crippen LogP contribution >= 0.6 is 11.3 Å². The Morgan fingerprint density at radius 2 is 1.79 bits per heavy atom. The molecule has 250 valence electrons. The van der Waals surface area contributed by atoms with Crippen LogP contribution < -0.4 is 10.2 Å². The summed E-state index contributed by atoms with van der Waals surface area (Å²) in [4.78, 5) is 44.7. The molecule has 0 saturated carbocycles. The number of hydrogen-bond acceptors (Lipinski definition) is 8. The van der Waals surface area contributed by atoms with Gasteiger partial charge in [0.05, 0.1) is 30.6 Å². The molecule has 2 aromatic carbocycles. The Bertz CT molecular complexity index is 1850. The van der Waals surface area contributed by atoms with Gasteiger partial charge in [0.2, 0.25) is 0 Å². The third kappa shape index (κ3) is 8.53. The van der Waals surface area contributed by atoms with E-state index >= 15 is 0 Å². The molecule has 0 aliphatic carbocycles. The van der Waals surface area contributed by atoms with Crippen molar-refractivity contribution >= 4 is 28.8 Å². The first kappa shape index (κ1) is 34.5. The van der Waals surface area contributed by atoms with Crippen molar-refractivity contribution in [2.24, 2.45) is 7.05 Å². The van der Waals surface area contributed by atoms with Crippen LogP contribution in [0.15, 0.2) is 84.8 Å². The lowest BCUT2D eigenvalue weighted by atomic mass is 9.99. The second-order valence-electron chi connectivity index (χ2n) is 12.6. The van der Waals surface area contributed by atoms with E-state index in [0.717, 1.165) is 27.5 Å². The van der Waals surface area contributed by atoms with E-state index in [0.29, 0.717) is 41.4 Å². The number of aliphatic hydroxyl groups is 1. The van der Waals surface area contributed by atoms with Gasteiger partial charge in [-0.3, -0.25) is 14.6 Å². The maximum absolute atomic E-state index is 14.1. The Balaban J connectivity index is 1.43. The molecule has 0 aliphatic heterocycles. The molecule has 10 nitrogen and oxygen atoms in total. The molecule has 11 heteroatoms. The Hall–Kier alpha value is -4.87. The lowest BCUT2D eigenvalue weighted by molar-refractivity contribution is 0.0785. The molecular formula is C37H43N7O3S. The summed E-state index contributed by atoms with van der Waals surface area (Å²) in [6, 6.07) is 16.3. The fraction of sp³-hybridized carbons (Fsp3) is 0.324. The number of carbonyl (C=O) groups excluding carboxylic acids is 2. The van der Waals surface area contributed by atoms with Crippen molar-refractivity contribution in [3.05, 3.63) is 118 Å². The Morgan fingerprint density at radius 1 is 1.04 bits per heavy atom. The number of amides is 2. The first-order valence-electron chi connectivity index (χ1n) is 16.0. The molecule has 3 aromatic heterocycles. The van der Waals surface area contributed by atoms with Crippen LogP contribution in [0.25, 0.3) is 11.4 Å². The van der Waals surface area contributed by atoms with Gasteiger partial charge in [0.15, 0.2) is 0 Å². The van der Waals surface area contributed by atoms with E-state index in [1.807, 2.05) is 78.6 Å². The second kappa shape index (κ2) is 15.4. The van der Waals surface area contributed by atoms with Crippen LogP contribution in [0.2, 0.25) is 0 Å². The lowest BCUT2D eigenvalue weighted by Gasteiger charge is -2.29. The average Bonchev–Trinajstić information content (AvgIpc) is 3.71. The predicted molar refractivity (Wildman–Crippen MR) is 190 cm³/mol. The summed E-state index contributed by atoms with van der Waals surface area (Å²) < 4.78 is 1.84. The number of aromatic nitrogens is 4. The van der Waals surface area contributed by atoms with Gasteiger partial charge in [-0.25, -0.2) is 9.97 Å². The smallest absolute Gasteiger partial charge is 0.254 e. The van der Waals surface area contributed by atoms with Gasteiger partial charge in [-0.1, -0.05) is 44.2 Å². The zero-order valence-electron chi connectivity index (χ0n) is 28.3. The summed E-state index contributed by atoms with van der Waals surface area (Å²) in [7, 11) is 5.49. The number of rotatable bonds is 13. The molecule has 3 heterocycles. The van der Waals surface area contributed by atoms with E-state index < -0.39 is 18.1 Å².